The first-order valence-corrected chi connectivity index (χ1v) is 11.1. The Hall–Kier alpha value is -4.19. The van der Waals surface area contributed by atoms with Crippen LogP contribution in [-0.2, 0) is 20.9 Å². The van der Waals surface area contributed by atoms with Crippen LogP contribution in [0.15, 0.2) is 78.5 Å². The molecule has 34 heavy (non-hydrogen) atoms. The minimum atomic E-state index is -0.360. The Morgan fingerprint density at radius 1 is 0.912 bits per heavy atom. The molecule has 1 heterocycles. The Morgan fingerprint density at radius 2 is 1.59 bits per heavy atom. The van der Waals surface area contributed by atoms with Gasteiger partial charge in [0.05, 0.1) is 11.3 Å². The molecule has 1 aliphatic heterocycles. The number of likely N-dealkylation sites (N-methyl/N-ethyl adjacent to an activating group) is 1. The van der Waals surface area contributed by atoms with Crippen molar-refractivity contribution < 1.29 is 14.4 Å². The zero-order chi connectivity index (χ0) is 24.4. The molecule has 0 unspecified atom stereocenters. The van der Waals surface area contributed by atoms with E-state index in [0.717, 1.165) is 16.7 Å². The Labute approximate surface area is 199 Å². The Morgan fingerprint density at radius 3 is 2.24 bits per heavy atom. The fourth-order valence-electron chi connectivity index (χ4n) is 4.17. The molecule has 0 fully saturated rings. The number of hydrogen-bond acceptors (Lipinski definition) is 4. The summed E-state index contributed by atoms with van der Waals surface area (Å²) in [6.45, 7) is 5.74. The lowest BCUT2D eigenvalue weighted by molar-refractivity contribution is -0.120. The van der Waals surface area contributed by atoms with Crippen molar-refractivity contribution >= 4 is 34.7 Å². The number of carbonyl (C=O) groups is 3. The lowest BCUT2D eigenvalue weighted by atomic mass is 10.0. The van der Waals surface area contributed by atoms with Crippen LogP contribution in [0.3, 0.4) is 0 Å². The van der Waals surface area contributed by atoms with Gasteiger partial charge in [-0.15, -0.1) is 0 Å². The molecule has 4 rings (SSSR count). The number of imide groups is 1. The maximum Gasteiger partial charge on any atom is 0.282 e. The van der Waals surface area contributed by atoms with Gasteiger partial charge in [0.15, 0.2) is 0 Å². The first kappa shape index (κ1) is 23.0. The van der Waals surface area contributed by atoms with E-state index in [2.05, 4.69) is 5.32 Å². The van der Waals surface area contributed by atoms with Crippen molar-refractivity contribution in [2.75, 3.05) is 17.3 Å². The predicted octanol–water partition coefficient (Wildman–Crippen LogP) is 4.68. The minimum absolute atomic E-state index is 0.177. The largest absolute Gasteiger partial charge is 0.365 e. The van der Waals surface area contributed by atoms with E-state index >= 15 is 0 Å². The molecule has 0 spiro atoms. The molecule has 0 saturated carbocycles. The van der Waals surface area contributed by atoms with E-state index in [1.165, 1.54) is 11.8 Å². The maximum atomic E-state index is 13.8. The molecule has 1 aliphatic rings. The highest BCUT2D eigenvalue weighted by molar-refractivity contribution is 6.45. The molecule has 3 aromatic carbocycles. The zero-order valence-electron chi connectivity index (χ0n) is 19.8. The quantitative estimate of drug-likeness (QED) is 0.551. The van der Waals surface area contributed by atoms with Gasteiger partial charge in [-0.25, -0.2) is 4.90 Å². The van der Waals surface area contributed by atoms with Gasteiger partial charge < -0.3 is 10.2 Å². The van der Waals surface area contributed by atoms with Gasteiger partial charge in [-0.2, -0.15) is 0 Å². The van der Waals surface area contributed by atoms with Crippen molar-refractivity contribution in [3.63, 3.8) is 0 Å². The Balaban J connectivity index is 1.80. The van der Waals surface area contributed by atoms with Crippen molar-refractivity contribution in [3.8, 4) is 0 Å². The molecule has 0 aliphatic carbocycles. The van der Waals surface area contributed by atoms with Crippen LogP contribution in [0, 0.1) is 13.8 Å². The van der Waals surface area contributed by atoms with Crippen LogP contribution in [0.2, 0.25) is 0 Å². The smallest absolute Gasteiger partial charge is 0.282 e. The van der Waals surface area contributed by atoms with Crippen LogP contribution in [0.4, 0.5) is 11.4 Å². The number of nitrogens with zero attached hydrogens (tertiary/aromatic N) is 2. The Kier molecular flexibility index (Phi) is 6.32. The van der Waals surface area contributed by atoms with E-state index in [1.807, 2.05) is 74.3 Å². The average Bonchev–Trinajstić information content (AvgIpc) is 3.06. The van der Waals surface area contributed by atoms with Crippen molar-refractivity contribution in [1.29, 1.82) is 0 Å². The average molecular weight is 454 g/mol. The summed E-state index contributed by atoms with van der Waals surface area (Å²) >= 11 is 0. The summed E-state index contributed by atoms with van der Waals surface area (Å²) in [5.74, 6) is -0.887. The van der Waals surface area contributed by atoms with Crippen LogP contribution >= 0.6 is 0 Å². The molecular formula is C28H27N3O3. The van der Waals surface area contributed by atoms with Crippen molar-refractivity contribution in [1.82, 2.24) is 4.90 Å². The van der Waals surface area contributed by atoms with E-state index in [0.29, 0.717) is 34.8 Å². The van der Waals surface area contributed by atoms with E-state index in [-0.39, 0.29) is 17.7 Å². The molecule has 0 aromatic heterocycles. The van der Waals surface area contributed by atoms with Gasteiger partial charge in [0, 0.05) is 26.2 Å². The van der Waals surface area contributed by atoms with Gasteiger partial charge in [-0.05, 0) is 54.3 Å². The van der Waals surface area contributed by atoms with E-state index in [9.17, 15) is 14.4 Å². The number of benzene rings is 3. The Bertz CT molecular complexity index is 1290. The number of hydrogen-bond donors (Lipinski definition) is 1. The summed E-state index contributed by atoms with van der Waals surface area (Å²) in [5.41, 5.74) is 5.37. The van der Waals surface area contributed by atoms with Crippen LogP contribution in [0.1, 0.15) is 29.2 Å². The van der Waals surface area contributed by atoms with Crippen LogP contribution < -0.4 is 10.2 Å². The molecular weight excluding hydrogens is 426 g/mol. The normalized spacial score (nSPS) is 13.5. The minimum Gasteiger partial charge on any atom is -0.365 e. The van der Waals surface area contributed by atoms with Crippen molar-refractivity contribution in [2.24, 2.45) is 0 Å². The number of aryl methyl sites for hydroxylation is 2. The third-order valence-electron chi connectivity index (χ3n) is 5.80. The van der Waals surface area contributed by atoms with E-state index in [4.69, 9.17) is 0 Å². The molecule has 6 nitrogen and oxygen atoms in total. The van der Waals surface area contributed by atoms with Crippen LogP contribution in [-0.4, -0.2) is 29.7 Å². The molecule has 3 amide bonds. The molecule has 1 N–H and O–H groups in total. The van der Waals surface area contributed by atoms with Crippen molar-refractivity contribution in [3.05, 3.63) is 101 Å². The van der Waals surface area contributed by atoms with Crippen molar-refractivity contribution in [2.45, 2.75) is 27.3 Å². The van der Waals surface area contributed by atoms with Gasteiger partial charge in [0.25, 0.3) is 11.8 Å². The van der Waals surface area contributed by atoms with Gasteiger partial charge >= 0.3 is 0 Å². The maximum absolute atomic E-state index is 13.8. The monoisotopic (exact) mass is 453 g/mol. The van der Waals surface area contributed by atoms with Gasteiger partial charge in [-0.3, -0.25) is 14.4 Å². The third kappa shape index (κ3) is 4.48. The fourth-order valence-corrected chi connectivity index (χ4v) is 4.17. The summed E-state index contributed by atoms with van der Waals surface area (Å²) < 4.78 is 0. The first-order chi connectivity index (χ1) is 16.3. The molecule has 0 bridgehead atoms. The van der Waals surface area contributed by atoms with Gasteiger partial charge in [0.1, 0.15) is 5.70 Å². The topological polar surface area (TPSA) is 69.7 Å². The molecule has 0 saturated heterocycles. The summed E-state index contributed by atoms with van der Waals surface area (Å²) in [7, 11) is 1.83. The second-order valence-corrected chi connectivity index (χ2v) is 8.56. The van der Waals surface area contributed by atoms with Gasteiger partial charge in [0.2, 0.25) is 5.91 Å². The standard InChI is InChI=1S/C28H27N3O3/c1-18-10-11-19(2)24(16-18)31-27(33)25(22-12-14-23(15-13-22)29-20(3)32)26(28(31)34)30(4)17-21-8-6-5-7-9-21/h5-16H,17H2,1-4H3,(H,29,32). The molecule has 3 aromatic rings. The highest BCUT2D eigenvalue weighted by atomic mass is 16.2. The third-order valence-corrected chi connectivity index (χ3v) is 5.80. The summed E-state index contributed by atoms with van der Waals surface area (Å²) in [6.07, 6.45) is 0. The second-order valence-electron chi connectivity index (χ2n) is 8.56. The molecule has 6 heteroatoms. The van der Waals surface area contributed by atoms with E-state index in [1.54, 1.807) is 24.3 Å². The lowest BCUT2D eigenvalue weighted by Crippen LogP contribution is -2.34. The number of carbonyl (C=O) groups excluding carboxylic acids is 3. The highest BCUT2D eigenvalue weighted by Gasteiger charge is 2.42. The molecule has 0 atom stereocenters. The zero-order valence-corrected chi connectivity index (χ0v) is 19.8. The molecule has 172 valence electrons. The SMILES string of the molecule is CC(=O)Nc1ccc(C2=C(N(C)Cc3ccccc3)C(=O)N(c3cc(C)ccc3C)C2=O)cc1. The molecule has 0 radical (unpaired) electrons. The number of anilines is 2. The number of amides is 3. The van der Waals surface area contributed by atoms with Crippen LogP contribution in [0.5, 0.6) is 0 Å². The lowest BCUT2D eigenvalue weighted by Gasteiger charge is -2.22. The summed E-state index contributed by atoms with van der Waals surface area (Å²) in [6, 6.07) is 22.5. The highest BCUT2D eigenvalue weighted by Crippen LogP contribution is 2.36. The fraction of sp³-hybridized carbons (Fsp3) is 0.179. The van der Waals surface area contributed by atoms with Crippen LogP contribution in [0.25, 0.3) is 5.57 Å². The number of nitrogens with one attached hydrogen (secondary N) is 1. The summed E-state index contributed by atoms with van der Waals surface area (Å²) in [5, 5.41) is 2.73. The summed E-state index contributed by atoms with van der Waals surface area (Å²) in [4.78, 5) is 42.0. The van der Waals surface area contributed by atoms with E-state index < -0.39 is 0 Å². The predicted molar refractivity (Wildman–Crippen MR) is 134 cm³/mol. The first-order valence-electron chi connectivity index (χ1n) is 11.1. The second kappa shape index (κ2) is 9.35. The number of rotatable bonds is 6. The van der Waals surface area contributed by atoms with Gasteiger partial charge in [-0.1, -0.05) is 54.6 Å².